The molecule has 8 heteroatoms. The molecule has 0 atom stereocenters. The number of methoxy groups -OCH3 is 2. The summed E-state index contributed by atoms with van der Waals surface area (Å²) < 4.78 is 11.0. The Bertz CT molecular complexity index is 881. The van der Waals surface area contributed by atoms with Crippen LogP contribution in [0.15, 0.2) is 23.6 Å². The first-order valence-corrected chi connectivity index (χ1v) is 11.9. The number of likely N-dealkylation sites (tertiary alicyclic amines) is 1. The first kappa shape index (κ1) is 22.0. The Labute approximate surface area is 188 Å². The normalized spacial score (nSPS) is 18.2. The Balaban J connectivity index is 1.34. The standard InChI is InChI=1S/C23H32N4O3S/c1-29-20-8-5-7-19(22(20)30-2)23-24-18(17-31-23)15-25-9-6-10-26(14-13-25)16-21(28)27-11-3-4-12-27/h5,7-8,17H,3-4,6,9-16H2,1-2H3. The summed E-state index contributed by atoms with van der Waals surface area (Å²) in [4.78, 5) is 24.1. The number of thiazole rings is 1. The third kappa shape index (κ3) is 5.37. The quantitative estimate of drug-likeness (QED) is 0.655. The molecule has 4 rings (SSSR count). The summed E-state index contributed by atoms with van der Waals surface area (Å²) in [5, 5.41) is 3.08. The first-order chi connectivity index (χ1) is 15.2. The molecule has 0 radical (unpaired) electrons. The molecule has 1 aromatic heterocycles. The fourth-order valence-corrected chi connectivity index (χ4v) is 5.22. The van der Waals surface area contributed by atoms with Crippen LogP contribution in [0.3, 0.4) is 0 Å². The molecule has 0 aliphatic carbocycles. The molecule has 2 aliphatic rings. The van der Waals surface area contributed by atoms with Crippen molar-refractivity contribution in [2.75, 3.05) is 60.0 Å². The van der Waals surface area contributed by atoms with Crippen LogP contribution in [0.1, 0.15) is 25.0 Å². The minimum Gasteiger partial charge on any atom is -0.493 e. The minimum atomic E-state index is 0.294. The lowest BCUT2D eigenvalue weighted by Gasteiger charge is -2.23. The lowest BCUT2D eigenvalue weighted by Crippen LogP contribution is -2.40. The second kappa shape index (κ2) is 10.4. The number of benzene rings is 1. The molecule has 0 unspecified atom stereocenters. The van der Waals surface area contributed by atoms with Crippen molar-refractivity contribution in [1.29, 1.82) is 0 Å². The van der Waals surface area contributed by atoms with Crippen molar-refractivity contribution < 1.29 is 14.3 Å². The number of ether oxygens (including phenoxy) is 2. The Kier molecular flexibility index (Phi) is 7.42. The Morgan fingerprint density at radius 2 is 1.77 bits per heavy atom. The van der Waals surface area contributed by atoms with Gasteiger partial charge in [-0.15, -0.1) is 11.3 Å². The number of nitrogens with zero attached hydrogens (tertiary/aromatic N) is 4. The number of hydrogen-bond donors (Lipinski definition) is 0. The number of carbonyl (C=O) groups excluding carboxylic acids is 1. The van der Waals surface area contributed by atoms with Crippen LogP contribution in [-0.4, -0.2) is 85.6 Å². The van der Waals surface area contributed by atoms with E-state index in [-0.39, 0.29) is 0 Å². The highest BCUT2D eigenvalue weighted by Gasteiger charge is 2.23. The van der Waals surface area contributed by atoms with Crippen LogP contribution < -0.4 is 9.47 Å². The predicted molar refractivity (Wildman–Crippen MR) is 123 cm³/mol. The Morgan fingerprint density at radius 1 is 1.00 bits per heavy atom. The topological polar surface area (TPSA) is 58.1 Å². The lowest BCUT2D eigenvalue weighted by atomic mass is 10.2. The molecule has 1 amide bonds. The molecule has 31 heavy (non-hydrogen) atoms. The molecule has 0 saturated carbocycles. The molecule has 7 nitrogen and oxygen atoms in total. The van der Waals surface area contributed by atoms with Crippen LogP contribution in [0.5, 0.6) is 11.5 Å². The van der Waals surface area contributed by atoms with Gasteiger partial charge < -0.3 is 14.4 Å². The molecule has 2 aliphatic heterocycles. The van der Waals surface area contributed by atoms with E-state index < -0.39 is 0 Å². The molecule has 168 valence electrons. The maximum Gasteiger partial charge on any atom is 0.236 e. The van der Waals surface area contributed by atoms with Gasteiger partial charge in [-0.05, 0) is 44.5 Å². The van der Waals surface area contributed by atoms with Crippen molar-refractivity contribution in [2.45, 2.75) is 25.8 Å². The third-order valence-corrected chi connectivity index (χ3v) is 6.99. The predicted octanol–water partition coefficient (Wildman–Crippen LogP) is 2.96. The van der Waals surface area contributed by atoms with E-state index in [0.717, 1.165) is 87.1 Å². The van der Waals surface area contributed by atoms with E-state index in [4.69, 9.17) is 14.5 Å². The summed E-state index contributed by atoms with van der Waals surface area (Å²) in [6.07, 6.45) is 3.38. The molecule has 2 fully saturated rings. The fraction of sp³-hybridized carbons (Fsp3) is 0.565. The monoisotopic (exact) mass is 444 g/mol. The average molecular weight is 445 g/mol. The number of amides is 1. The maximum absolute atomic E-state index is 12.5. The zero-order chi connectivity index (χ0) is 21.6. The van der Waals surface area contributed by atoms with E-state index >= 15 is 0 Å². The van der Waals surface area contributed by atoms with E-state index in [1.54, 1.807) is 25.6 Å². The van der Waals surface area contributed by atoms with Gasteiger partial charge in [-0.3, -0.25) is 14.6 Å². The van der Waals surface area contributed by atoms with Crippen LogP contribution in [0.4, 0.5) is 0 Å². The summed E-state index contributed by atoms with van der Waals surface area (Å²) in [6.45, 7) is 7.17. The lowest BCUT2D eigenvalue weighted by molar-refractivity contribution is -0.131. The van der Waals surface area contributed by atoms with Gasteiger partial charge >= 0.3 is 0 Å². The number of aromatic nitrogens is 1. The number of para-hydroxylation sites is 1. The summed E-state index contributed by atoms with van der Waals surface area (Å²) >= 11 is 1.63. The van der Waals surface area contributed by atoms with Crippen LogP contribution in [0.25, 0.3) is 10.6 Å². The molecule has 3 heterocycles. The molecule has 2 aromatic rings. The maximum atomic E-state index is 12.5. The van der Waals surface area contributed by atoms with Crippen molar-refractivity contribution in [3.8, 4) is 22.1 Å². The van der Waals surface area contributed by atoms with Crippen LogP contribution in [-0.2, 0) is 11.3 Å². The first-order valence-electron chi connectivity index (χ1n) is 11.1. The highest BCUT2D eigenvalue weighted by Crippen LogP contribution is 2.39. The summed E-state index contributed by atoms with van der Waals surface area (Å²) in [7, 11) is 3.31. The van der Waals surface area contributed by atoms with Gasteiger partial charge in [-0.2, -0.15) is 0 Å². The van der Waals surface area contributed by atoms with Gasteiger partial charge in [0, 0.05) is 38.1 Å². The van der Waals surface area contributed by atoms with Crippen molar-refractivity contribution in [3.63, 3.8) is 0 Å². The highest BCUT2D eigenvalue weighted by molar-refractivity contribution is 7.13. The van der Waals surface area contributed by atoms with Gasteiger partial charge in [0.15, 0.2) is 11.5 Å². The second-order valence-corrected chi connectivity index (χ2v) is 9.04. The molecular formula is C23H32N4O3S. The van der Waals surface area contributed by atoms with Crippen LogP contribution in [0, 0.1) is 0 Å². The van der Waals surface area contributed by atoms with Crippen LogP contribution in [0.2, 0.25) is 0 Å². The Morgan fingerprint density at radius 3 is 2.55 bits per heavy atom. The van der Waals surface area contributed by atoms with Gasteiger partial charge in [0.05, 0.1) is 32.0 Å². The summed E-state index contributed by atoms with van der Waals surface area (Å²) in [5.74, 6) is 1.73. The van der Waals surface area contributed by atoms with Gasteiger partial charge in [0.25, 0.3) is 0 Å². The SMILES string of the molecule is COc1cccc(-c2nc(CN3CCCN(CC(=O)N4CCCC4)CC3)cs2)c1OC. The van der Waals surface area contributed by atoms with Gasteiger partial charge in [0.2, 0.25) is 5.91 Å². The van der Waals surface area contributed by atoms with E-state index in [9.17, 15) is 4.79 Å². The molecule has 0 N–H and O–H groups in total. The molecule has 2 saturated heterocycles. The van der Waals surface area contributed by atoms with Crippen molar-refractivity contribution in [2.24, 2.45) is 0 Å². The number of carbonyl (C=O) groups is 1. The van der Waals surface area contributed by atoms with Gasteiger partial charge in [-0.1, -0.05) is 6.07 Å². The molecule has 1 aromatic carbocycles. The Hall–Kier alpha value is -2.16. The zero-order valence-corrected chi connectivity index (χ0v) is 19.3. The summed E-state index contributed by atoms with van der Waals surface area (Å²) in [5.41, 5.74) is 2.03. The fourth-order valence-electron chi connectivity index (χ4n) is 4.39. The number of rotatable bonds is 7. The minimum absolute atomic E-state index is 0.294. The molecule has 0 bridgehead atoms. The largest absolute Gasteiger partial charge is 0.493 e. The average Bonchev–Trinajstić information content (AvgIpc) is 3.44. The van der Waals surface area contributed by atoms with Crippen LogP contribution >= 0.6 is 11.3 Å². The van der Waals surface area contributed by atoms with Crippen molar-refractivity contribution >= 4 is 17.2 Å². The van der Waals surface area contributed by atoms with Gasteiger partial charge in [0.1, 0.15) is 5.01 Å². The van der Waals surface area contributed by atoms with E-state index in [1.807, 2.05) is 23.1 Å². The molecular weight excluding hydrogens is 412 g/mol. The smallest absolute Gasteiger partial charge is 0.236 e. The highest BCUT2D eigenvalue weighted by atomic mass is 32.1. The summed E-state index contributed by atoms with van der Waals surface area (Å²) in [6, 6.07) is 5.88. The van der Waals surface area contributed by atoms with E-state index in [1.165, 1.54) is 0 Å². The van der Waals surface area contributed by atoms with E-state index in [2.05, 4.69) is 15.2 Å². The second-order valence-electron chi connectivity index (χ2n) is 8.18. The number of hydrogen-bond acceptors (Lipinski definition) is 7. The molecule has 0 spiro atoms. The van der Waals surface area contributed by atoms with Gasteiger partial charge in [-0.25, -0.2) is 4.98 Å². The zero-order valence-electron chi connectivity index (χ0n) is 18.5. The third-order valence-electron chi connectivity index (χ3n) is 6.07. The van der Waals surface area contributed by atoms with Crippen molar-refractivity contribution in [1.82, 2.24) is 19.7 Å². The van der Waals surface area contributed by atoms with Crippen molar-refractivity contribution in [3.05, 3.63) is 29.3 Å². The van der Waals surface area contributed by atoms with E-state index in [0.29, 0.717) is 18.2 Å².